The SMILES string of the molecule is C=C(C)/C=C\C(=C)c1cc(C(/C=C\CC)=C/C)nc(-c2ccccc2)n1.CC.CC(C)C.CCC. The maximum atomic E-state index is 4.79. The molecule has 0 N–H and O–H groups in total. The van der Waals surface area contributed by atoms with Crippen molar-refractivity contribution >= 4 is 11.1 Å². The van der Waals surface area contributed by atoms with E-state index in [1.165, 1.54) is 6.42 Å². The lowest BCUT2D eigenvalue weighted by molar-refractivity contribution is 0.737. The first-order valence-corrected chi connectivity index (χ1v) is 13.0. The molecular weight excluding hydrogens is 424 g/mol. The minimum Gasteiger partial charge on any atom is -0.228 e. The maximum absolute atomic E-state index is 4.79. The summed E-state index contributed by atoms with van der Waals surface area (Å²) < 4.78 is 0. The Labute approximate surface area is 217 Å². The molecule has 0 bridgehead atoms. The normalized spacial score (nSPS) is 10.7. The van der Waals surface area contributed by atoms with Crippen molar-refractivity contribution in [3.05, 3.63) is 96.9 Å². The fourth-order valence-corrected chi connectivity index (χ4v) is 2.38. The number of nitrogens with zero attached hydrogens (tertiary/aromatic N) is 2. The van der Waals surface area contributed by atoms with Crippen LogP contribution < -0.4 is 0 Å². The zero-order valence-electron chi connectivity index (χ0n) is 24.2. The van der Waals surface area contributed by atoms with Gasteiger partial charge in [0, 0.05) is 5.56 Å². The monoisotopic (exact) mass is 474 g/mol. The van der Waals surface area contributed by atoms with E-state index in [0.717, 1.165) is 46.0 Å². The molecule has 0 aliphatic carbocycles. The van der Waals surface area contributed by atoms with Crippen LogP contribution in [0.1, 0.15) is 93.5 Å². The highest BCUT2D eigenvalue weighted by atomic mass is 14.9. The first kappa shape index (κ1) is 34.2. The van der Waals surface area contributed by atoms with E-state index < -0.39 is 0 Å². The van der Waals surface area contributed by atoms with Crippen LogP contribution in [0, 0.1) is 5.92 Å². The molecule has 1 heterocycles. The lowest BCUT2D eigenvalue weighted by Gasteiger charge is -2.09. The molecule has 0 fully saturated rings. The number of rotatable bonds is 7. The minimum absolute atomic E-state index is 0.701. The zero-order valence-corrected chi connectivity index (χ0v) is 24.2. The van der Waals surface area contributed by atoms with Gasteiger partial charge in [0.25, 0.3) is 0 Å². The van der Waals surface area contributed by atoms with E-state index in [9.17, 15) is 0 Å². The lowest BCUT2D eigenvalue weighted by atomic mass is 10.1. The van der Waals surface area contributed by atoms with E-state index in [0.29, 0.717) is 5.82 Å². The topological polar surface area (TPSA) is 25.8 Å². The number of allylic oxidation sites excluding steroid dienone is 8. The Hall–Kier alpha value is -3.00. The minimum atomic E-state index is 0.701. The van der Waals surface area contributed by atoms with E-state index in [2.05, 4.69) is 72.9 Å². The standard InChI is InChI=1S/C24H26N2.C4H10.C3H8.C2H6/c1-6-8-12-20(7-2)23-17-22(19(5)16-15-18(3)4)25-24(26-23)21-13-10-9-11-14-21;1-4(2)3;1-3-2;1-2/h7-17H,3,5-6H2,1-2,4H3;4H,1-3H3;3H2,1-2H3;1-2H3/b12-8-,16-15-,20-7+;;;. The lowest BCUT2D eigenvalue weighted by Crippen LogP contribution is -1.99. The molecule has 0 amide bonds. The number of hydrogen-bond donors (Lipinski definition) is 0. The third-order valence-corrected chi connectivity index (χ3v) is 3.80. The van der Waals surface area contributed by atoms with Crippen LogP contribution in [0.3, 0.4) is 0 Å². The number of benzene rings is 1. The van der Waals surface area contributed by atoms with Gasteiger partial charge in [0.05, 0.1) is 11.4 Å². The van der Waals surface area contributed by atoms with Crippen LogP contribution in [0.25, 0.3) is 22.5 Å². The van der Waals surface area contributed by atoms with Crippen LogP contribution in [0.5, 0.6) is 0 Å². The van der Waals surface area contributed by atoms with Crippen LogP contribution in [0.15, 0.2) is 85.5 Å². The second kappa shape index (κ2) is 21.5. The average molecular weight is 475 g/mol. The second-order valence-corrected chi connectivity index (χ2v) is 8.53. The van der Waals surface area contributed by atoms with Gasteiger partial charge in [-0.3, -0.25) is 0 Å². The summed E-state index contributed by atoms with van der Waals surface area (Å²) in [5.41, 5.74) is 5.58. The maximum Gasteiger partial charge on any atom is 0.160 e. The van der Waals surface area contributed by atoms with Crippen molar-refractivity contribution in [2.75, 3.05) is 0 Å². The second-order valence-electron chi connectivity index (χ2n) is 8.53. The Morgan fingerprint density at radius 2 is 1.40 bits per heavy atom. The van der Waals surface area contributed by atoms with Gasteiger partial charge in [-0.25, -0.2) is 9.97 Å². The smallest absolute Gasteiger partial charge is 0.160 e. The molecule has 0 unspecified atom stereocenters. The van der Waals surface area contributed by atoms with Crippen LogP contribution in [-0.2, 0) is 0 Å². The van der Waals surface area contributed by atoms with Crippen molar-refractivity contribution in [1.82, 2.24) is 9.97 Å². The highest BCUT2D eigenvalue weighted by Crippen LogP contribution is 2.24. The summed E-state index contributed by atoms with van der Waals surface area (Å²) in [7, 11) is 0. The van der Waals surface area contributed by atoms with E-state index in [4.69, 9.17) is 9.97 Å². The molecule has 2 heteroatoms. The predicted octanol–water partition coefficient (Wildman–Crippen LogP) is 10.8. The van der Waals surface area contributed by atoms with Gasteiger partial charge in [-0.1, -0.05) is 141 Å². The Morgan fingerprint density at radius 1 is 0.886 bits per heavy atom. The summed E-state index contributed by atoms with van der Waals surface area (Å²) in [5.74, 6) is 1.53. The van der Waals surface area contributed by atoms with Crippen molar-refractivity contribution in [3.63, 3.8) is 0 Å². The van der Waals surface area contributed by atoms with Crippen LogP contribution in [0.2, 0.25) is 0 Å². The molecule has 192 valence electrons. The summed E-state index contributed by atoms with van der Waals surface area (Å²) in [6.45, 7) is 28.9. The quantitative estimate of drug-likeness (QED) is 0.373. The Bertz CT molecular complexity index is 926. The molecule has 2 rings (SSSR count). The molecule has 2 aromatic rings. The van der Waals surface area contributed by atoms with E-state index in [1.807, 2.05) is 76.2 Å². The Morgan fingerprint density at radius 3 is 1.86 bits per heavy atom. The Kier molecular flexibility index (Phi) is 21.0. The van der Waals surface area contributed by atoms with Gasteiger partial charge >= 0.3 is 0 Å². The molecule has 0 saturated heterocycles. The highest BCUT2D eigenvalue weighted by molar-refractivity contribution is 5.77. The van der Waals surface area contributed by atoms with Gasteiger partial charge in [0.15, 0.2) is 5.82 Å². The van der Waals surface area contributed by atoms with Crippen molar-refractivity contribution in [1.29, 1.82) is 0 Å². The van der Waals surface area contributed by atoms with Crippen molar-refractivity contribution in [2.45, 2.75) is 82.1 Å². The van der Waals surface area contributed by atoms with E-state index in [-0.39, 0.29) is 0 Å². The van der Waals surface area contributed by atoms with Crippen molar-refractivity contribution in [2.24, 2.45) is 5.92 Å². The van der Waals surface area contributed by atoms with Gasteiger partial charge in [-0.15, -0.1) is 0 Å². The van der Waals surface area contributed by atoms with Crippen LogP contribution in [0.4, 0.5) is 0 Å². The fourth-order valence-electron chi connectivity index (χ4n) is 2.38. The molecule has 0 aliphatic rings. The summed E-state index contributed by atoms with van der Waals surface area (Å²) in [5, 5.41) is 0. The molecule has 35 heavy (non-hydrogen) atoms. The van der Waals surface area contributed by atoms with Gasteiger partial charge in [-0.05, 0) is 43.4 Å². The van der Waals surface area contributed by atoms with E-state index in [1.54, 1.807) is 0 Å². The number of aromatic nitrogens is 2. The van der Waals surface area contributed by atoms with Gasteiger partial charge in [-0.2, -0.15) is 0 Å². The summed E-state index contributed by atoms with van der Waals surface area (Å²) >= 11 is 0. The van der Waals surface area contributed by atoms with Gasteiger partial charge in [0.1, 0.15) is 0 Å². The molecular formula is C33H50N2. The van der Waals surface area contributed by atoms with Crippen molar-refractivity contribution in [3.8, 4) is 11.4 Å². The molecule has 0 radical (unpaired) electrons. The van der Waals surface area contributed by atoms with Gasteiger partial charge in [0.2, 0.25) is 0 Å². The number of hydrogen-bond acceptors (Lipinski definition) is 2. The average Bonchev–Trinajstić information content (AvgIpc) is 2.85. The molecule has 0 atom stereocenters. The van der Waals surface area contributed by atoms with Crippen LogP contribution in [-0.4, -0.2) is 9.97 Å². The molecule has 0 spiro atoms. The molecule has 1 aromatic carbocycles. The fraction of sp³-hybridized carbons (Fsp3) is 0.394. The molecule has 0 aliphatic heterocycles. The third kappa shape index (κ3) is 16.3. The first-order chi connectivity index (χ1) is 16.7. The summed E-state index contributed by atoms with van der Waals surface area (Å²) in [6.07, 6.45) is 12.4. The molecule has 0 saturated carbocycles. The highest BCUT2D eigenvalue weighted by Gasteiger charge is 2.10. The zero-order chi connectivity index (χ0) is 27.2. The summed E-state index contributed by atoms with van der Waals surface area (Å²) in [6, 6.07) is 12.0. The van der Waals surface area contributed by atoms with Gasteiger partial charge < -0.3 is 0 Å². The predicted molar refractivity (Wildman–Crippen MR) is 161 cm³/mol. The molecule has 2 nitrogen and oxygen atoms in total. The first-order valence-electron chi connectivity index (χ1n) is 13.0. The largest absolute Gasteiger partial charge is 0.228 e. The molecule has 1 aromatic heterocycles. The Balaban J connectivity index is 0. The van der Waals surface area contributed by atoms with Crippen LogP contribution >= 0.6 is 0 Å². The van der Waals surface area contributed by atoms with Crippen molar-refractivity contribution < 1.29 is 0 Å². The van der Waals surface area contributed by atoms with E-state index >= 15 is 0 Å². The summed E-state index contributed by atoms with van der Waals surface area (Å²) in [4.78, 5) is 9.53. The third-order valence-electron chi connectivity index (χ3n) is 3.80.